The summed E-state index contributed by atoms with van der Waals surface area (Å²) in [5.74, 6) is -4.90. The summed E-state index contributed by atoms with van der Waals surface area (Å²) in [4.78, 5) is 97.4. The zero-order chi connectivity index (χ0) is 50.3. The molecular formula is C49H74N6O12. The number of carbonyl (C=O) groups excluding carboxylic acids is 6. The van der Waals surface area contributed by atoms with Gasteiger partial charge in [0.15, 0.2) is 0 Å². The molecule has 18 nitrogen and oxygen atoms in total. The maximum absolute atomic E-state index is 14.6. The number of hydrogen-bond acceptors (Lipinski definition) is 11. The molecular weight excluding hydrogens is 865 g/mol. The maximum atomic E-state index is 14.6. The lowest BCUT2D eigenvalue weighted by molar-refractivity contribution is -0.148. The van der Waals surface area contributed by atoms with Gasteiger partial charge in [-0.05, 0) is 55.2 Å². The summed E-state index contributed by atoms with van der Waals surface area (Å²) in [5, 5.41) is 29.1. The Hall–Kier alpha value is -5.59. The van der Waals surface area contributed by atoms with Gasteiger partial charge in [0.25, 0.3) is 0 Å². The normalized spacial score (nSPS) is 18.3. The van der Waals surface area contributed by atoms with Crippen LogP contribution >= 0.6 is 0 Å². The van der Waals surface area contributed by atoms with E-state index in [4.69, 9.17) is 14.2 Å². The number of likely N-dealkylation sites (tertiary alicyclic amines) is 1. The first kappa shape index (κ1) is 55.7. The minimum atomic E-state index is -1.73. The van der Waals surface area contributed by atoms with E-state index in [0.717, 1.165) is 4.90 Å². The number of aliphatic carboxylic acids is 1. The molecule has 0 spiro atoms. The highest BCUT2D eigenvalue weighted by atomic mass is 16.6. The molecule has 18 heteroatoms. The molecule has 0 radical (unpaired) electrons. The fourth-order valence-corrected chi connectivity index (χ4v) is 8.96. The highest BCUT2D eigenvalue weighted by molar-refractivity contribution is 5.92. The second-order valence-corrected chi connectivity index (χ2v) is 18.3. The standard InChI is InChI=1S/C49H74N6O12/c1-13-30(6)41(37(65-11)26-38(57)55-25-17-20-36(55)43(66-12)31(7)45(59)51-32(8)42(58)33-18-15-14-16-19-33)53(9)47(61)39(28(2)3)52-46(60)40(29(4)5)54(10)49(64)67-44(48(62)63)34-21-23-35(24-22-34)50-27-56/h14-16,18-19,21-24,27-32,36-37,39-44,58H,13,17,20,25-26H2,1-12H3,(H,50,56)(H,51,59)(H,52,60)(H,62,63)/t30-,31+,32+,36-,37+,39-,40-,41-,42+,43+,44?/m0/s1. The Bertz CT molecular complexity index is 1950. The van der Waals surface area contributed by atoms with E-state index in [1.54, 1.807) is 65.6 Å². The van der Waals surface area contributed by atoms with Crippen molar-refractivity contribution in [2.45, 2.75) is 136 Å². The van der Waals surface area contributed by atoms with Crippen molar-refractivity contribution >= 4 is 47.8 Å². The predicted octanol–water partition coefficient (Wildman–Crippen LogP) is 4.77. The SMILES string of the molecule is CC[C@H](C)[C@@H]([C@@H](CC(=O)N1CCC[C@H]1[C@H](OC)[C@@H](C)C(=O)N[C@H](C)[C@@H](O)c1ccccc1)OC)N(C)C(=O)[C@@H](NC(=O)[C@H](C(C)C)N(C)C(=O)OC(C(=O)O)c1ccc(NC=O)cc1)C(C)C. The summed E-state index contributed by atoms with van der Waals surface area (Å²) < 4.78 is 17.4. The number of anilines is 1. The van der Waals surface area contributed by atoms with Crippen molar-refractivity contribution < 1.29 is 58.0 Å². The third kappa shape index (κ3) is 14.5. The summed E-state index contributed by atoms with van der Waals surface area (Å²) in [6.07, 6.45) is -2.88. The third-order valence-corrected chi connectivity index (χ3v) is 13.0. The molecule has 0 aliphatic carbocycles. The maximum Gasteiger partial charge on any atom is 0.411 e. The lowest BCUT2D eigenvalue weighted by Crippen LogP contribution is -2.60. The van der Waals surface area contributed by atoms with Crippen LogP contribution in [0.5, 0.6) is 0 Å². The number of methoxy groups -OCH3 is 2. The monoisotopic (exact) mass is 939 g/mol. The molecule has 1 fully saturated rings. The molecule has 2 aromatic carbocycles. The van der Waals surface area contributed by atoms with E-state index in [0.29, 0.717) is 43.5 Å². The molecule has 11 atom stereocenters. The first-order valence-electron chi connectivity index (χ1n) is 23.1. The van der Waals surface area contributed by atoms with Crippen molar-refractivity contribution in [1.29, 1.82) is 0 Å². The van der Waals surface area contributed by atoms with Gasteiger partial charge in [-0.15, -0.1) is 0 Å². The molecule has 5 N–H and O–H groups in total. The molecule has 1 aliphatic heterocycles. The van der Waals surface area contributed by atoms with Gasteiger partial charge in [-0.2, -0.15) is 0 Å². The van der Waals surface area contributed by atoms with Gasteiger partial charge < -0.3 is 50.2 Å². The predicted molar refractivity (Wildman–Crippen MR) is 251 cm³/mol. The zero-order valence-electron chi connectivity index (χ0n) is 41.1. The van der Waals surface area contributed by atoms with Crippen LogP contribution in [0.4, 0.5) is 10.5 Å². The van der Waals surface area contributed by atoms with Crippen molar-refractivity contribution in [2.75, 3.05) is 40.2 Å². The average molecular weight is 939 g/mol. The molecule has 0 bridgehead atoms. The minimum absolute atomic E-state index is 0.0882. The summed E-state index contributed by atoms with van der Waals surface area (Å²) in [6.45, 7) is 14.8. The first-order valence-corrected chi connectivity index (χ1v) is 23.1. The van der Waals surface area contributed by atoms with Crippen LogP contribution in [0.25, 0.3) is 0 Å². The Morgan fingerprint density at radius 2 is 1.46 bits per heavy atom. The van der Waals surface area contributed by atoms with Crippen molar-refractivity contribution in [2.24, 2.45) is 23.7 Å². The number of hydrogen-bond donors (Lipinski definition) is 5. The second kappa shape index (κ2) is 26.1. The van der Waals surface area contributed by atoms with Crippen LogP contribution in [0.2, 0.25) is 0 Å². The number of aliphatic hydroxyl groups excluding tert-OH is 1. The van der Waals surface area contributed by atoms with Crippen LogP contribution in [0.1, 0.15) is 104 Å². The number of amides is 6. The summed E-state index contributed by atoms with van der Waals surface area (Å²) >= 11 is 0. The highest BCUT2D eigenvalue weighted by Gasteiger charge is 2.44. The summed E-state index contributed by atoms with van der Waals surface area (Å²) in [7, 11) is 5.93. The Morgan fingerprint density at radius 3 is 1.99 bits per heavy atom. The molecule has 372 valence electrons. The van der Waals surface area contributed by atoms with Gasteiger partial charge in [0, 0.05) is 46.1 Å². The van der Waals surface area contributed by atoms with Gasteiger partial charge in [0.05, 0.1) is 48.8 Å². The smallest absolute Gasteiger partial charge is 0.411 e. The molecule has 1 saturated heterocycles. The molecule has 67 heavy (non-hydrogen) atoms. The van der Waals surface area contributed by atoms with Crippen LogP contribution in [0.3, 0.4) is 0 Å². The number of carboxylic acids is 1. The van der Waals surface area contributed by atoms with Gasteiger partial charge in [0.1, 0.15) is 12.1 Å². The molecule has 0 aromatic heterocycles. The van der Waals surface area contributed by atoms with Crippen LogP contribution in [0.15, 0.2) is 54.6 Å². The topological polar surface area (TPSA) is 233 Å². The lowest BCUT2D eigenvalue weighted by Gasteiger charge is -2.41. The Labute approximate surface area is 395 Å². The van der Waals surface area contributed by atoms with E-state index in [1.807, 2.05) is 32.0 Å². The number of likely N-dealkylation sites (N-methyl/N-ethyl adjacent to an activating group) is 2. The Morgan fingerprint density at radius 1 is 0.836 bits per heavy atom. The lowest BCUT2D eigenvalue weighted by atomic mass is 9.89. The Balaban J connectivity index is 1.79. The highest BCUT2D eigenvalue weighted by Crippen LogP contribution is 2.30. The number of ether oxygens (including phenoxy) is 3. The van der Waals surface area contributed by atoms with Crippen molar-refractivity contribution in [1.82, 2.24) is 25.3 Å². The van der Waals surface area contributed by atoms with Crippen molar-refractivity contribution in [3.63, 3.8) is 0 Å². The molecule has 1 aliphatic rings. The molecule has 3 rings (SSSR count). The van der Waals surface area contributed by atoms with Gasteiger partial charge in [-0.1, -0.05) is 97.4 Å². The summed E-state index contributed by atoms with van der Waals surface area (Å²) in [5.41, 5.74) is 1.20. The van der Waals surface area contributed by atoms with E-state index in [1.165, 1.54) is 50.4 Å². The molecule has 1 heterocycles. The number of nitrogens with one attached hydrogen (secondary N) is 3. The molecule has 0 saturated carbocycles. The molecule has 2 aromatic rings. The van der Waals surface area contributed by atoms with Crippen molar-refractivity contribution in [3.05, 3.63) is 65.7 Å². The van der Waals surface area contributed by atoms with E-state index >= 15 is 0 Å². The number of benzene rings is 2. The largest absolute Gasteiger partial charge is 0.478 e. The number of carbonyl (C=O) groups is 7. The van der Waals surface area contributed by atoms with Crippen LogP contribution in [-0.2, 0) is 43.0 Å². The van der Waals surface area contributed by atoms with Gasteiger partial charge in [-0.25, -0.2) is 9.59 Å². The molecule has 6 amide bonds. The summed E-state index contributed by atoms with van der Waals surface area (Å²) in [6, 6.07) is 10.8. The van der Waals surface area contributed by atoms with E-state index in [2.05, 4.69) is 16.0 Å². The van der Waals surface area contributed by atoms with Crippen LogP contribution < -0.4 is 16.0 Å². The quantitative estimate of drug-likeness (QED) is 0.0848. The van der Waals surface area contributed by atoms with Gasteiger partial charge >= 0.3 is 12.1 Å². The van der Waals surface area contributed by atoms with Crippen LogP contribution in [0, 0.1) is 23.7 Å². The van der Waals surface area contributed by atoms with Crippen molar-refractivity contribution in [3.8, 4) is 0 Å². The van der Waals surface area contributed by atoms with Gasteiger partial charge in [-0.3, -0.25) is 28.9 Å². The third-order valence-electron chi connectivity index (χ3n) is 13.0. The number of rotatable bonds is 25. The Kier molecular flexibility index (Phi) is 21.7. The van der Waals surface area contributed by atoms with Gasteiger partial charge in [0.2, 0.25) is 36.1 Å². The van der Waals surface area contributed by atoms with E-state index in [9.17, 15) is 43.8 Å². The fourth-order valence-electron chi connectivity index (χ4n) is 8.96. The van der Waals surface area contributed by atoms with E-state index < -0.39 is 96.3 Å². The number of nitrogens with zero attached hydrogens (tertiary/aromatic N) is 3. The first-order chi connectivity index (χ1) is 31.6. The fraction of sp³-hybridized carbons (Fsp3) is 0.612. The zero-order valence-corrected chi connectivity index (χ0v) is 41.1. The van der Waals surface area contributed by atoms with Crippen LogP contribution in [-0.4, -0.2) is 144 Å². The van der Waals surface area contributed by atoms with E-state index in [-0.39, 0.29) is 29.7 Å². The minimum Gasteiger partial charge on any atom is -0.478 e. The molecule has 1 unspecified atom stereocenters. The number of aliphatic hydroxyl groups is 1. The average Bonchev–Trinajstić information content (AvgIpc) is 3.79. The number of carboxylic acid groups (broad SMARTS) is 1. The second-order valence-electron chi connectivity index (χ2n) is 18.3.